The molecule has 3 rings (SSSR count). The van der Waals surface area contributed by atoms with Gasteiger partial charge in [-0.25, -0.2) is 23.0 Å². The Hall–Kier alpha value is -3.82. The van der Waals surface area contributed by atoms with Gasteiger partial charge in [-0.05, 0) is 64.4 Å². The van der Waals surface area contributed by atoms with E-state index in [0.717, 1.165) is 37.7 Å². The number of carboxylic acids is 2. The average Bonchev–Trinajstić information content (AvgIpc) is 3.65. The molecule has 5 N–H and O–H groups in total. The van der Waals surface area contributed by atoms with Crippen LogP contribution in [-0.4, -0.2) is 95.3 Å². The number of ether oxygens (including phenoxy) is 2. The van der Waals surface area contributed by atoms with E-state index in [1.807, 2.05) is 6.07 Å². The highest BCUT2D eigenvalue weighted by atomic mass is 32.2. The zero-order chi connectivity index (χ0) is 40.5. The van der Waals surface area contributed by atoms with Crippen LogP contribution in [0.3, 0.4) is 0 Å². The third kappa shape index (κ3) is 10.5. The van der Waals surface area contributed by atoms with Gasteiger partial charge in [0.2, 0.25) is 5.91 Å². The maximum absolute atomic E-state index is 15.0. The molecule has 2 amide bonds. The number of carbonyl (C=O) groups is 4. The first-order valence-corrected chi connectivity index (χ1v) is 20.3. The van der Waals surface area contributed by atoms with Crippen molar-refractivity contribution in [2.24, 2.45) is 23.2 Å². The number of hydrogen-bond donors (Lipinski definition) is 5. The summed E-state index contributed by atoms with van der Waals surface area (Å²) in [6.45, 7) is 9.71. The van der Waals surface area contributed by atoms with Gasteiger partial charge < -0.3 is 35.3 Å². The lowest BCUT2D eigenvalue weighted by Crippen LogP contribution is -2.65. The molecule has 14 nitrogen and oxygen atoms in total. The number of amides is 2. The van der Waals surface area contributed by atoms with Gasteiger partial charge in [0.1, 0.15) is 0 Å². The van der Waals surface area contributed by atoms with Crippen LogP contribution in [0, 0.1) is 23.2 Å². The first-order chi connectivity index (χ1) is 25.2. The van der Waals surface area contributed by atoms with Gasteiger partial charge in [0, 0.05) is 25.7 Å². The van der Waals surface area contributed by atoms with Crippen molar-refractivity contribution in [2.45, 2.75) is 121 Å². The van der Waals surface area contributed by atoms with E-state index in [4.69, 9.17) is 9.47 Å². The number of H-pyrrole nitrogens is 1. The Kier molecular flexibility index (Phi) is 15.4. The van der Waals surface area contributed by atoms with E-state index < -0.39 is 85.1 Å². The fraction of sp³-hybridized carbons (Fsp3) is 0.667. The number of nitrogens with one attached hydrogen (secondary N) is 3. The maximum atomic E-state index is 15.0. The number of aliphatic carboxylic acids is 2. The van der Waals surface area contributed by atoms with Gasteiger partial charge in [-0.1, -0.05) is 76.3 Å². The zero-order valence-corrected chi connectivity index (χ0v) is 33.7. The van der Waals surface area contributed by atoms with Gasteiger partial charge in [-0.2, -0.15) is 0 Å². The van der Waals surface area contributed by atoms with Gasteiger partial charge in [0.15, 0.2) is 27.6 Å². The monoisotopic (exact) mass is 776 g/mol. The minimum absolute atomic E-state index is 0.0742. The Morgan fingerprint density at radius 2 is 1.59 bits per heavy atom. The number of aromatic nitrogens is 2. The minimum Gasteiger partial charge on any atom is -0.479 e. The quantitative estimate of drug-likeness (QED) is 0.126. The van der Waals surface area contributed by atoms with E-state index in [9.17, 15) is 37.8 Å². The SMILES string of the molecule is COC(C[C@@](C(C)C)(C(OC)C(=O)O)[C@H](CC1CCCCC1)NC(=O)[C@](C)(NC(=O)[C@H](Cc1ccccc1)CS(=O)(=O)C(C)(C)C)c1cnc[nH]1)C(=O)O. The van der Waals surface area contributed by atoms with Crippen molar-refractivity contribution >= 4 is 33.6 Å². The summed E-state index contributed by atoms with van der Waals surface area (Å²) >= 11 is 0. The number of sulfone groups is 1. The predicted molar refractivity (Wildman–Crippen MR) is 203 cm³/mol. The van der Waals surface area contributed by atoms with Crippen molar-refractivity contribution in [3.63, 3.8) is 0 Å². The Labute approximate surface area is 319 Å². The summed E-state index contributed by atoms with van der Waals surface area (Å²) in [6, 6.07) is 8.01. The molecular weight excluding hydrogens is 717 g/mol. The summed E-state index contributed by atoms with van der Waals surface area (Å²) in [5.74, 6) is -6.11. The number of carbonyl (C=O) groups excluding carboxylic acids is 2. The molecule has 1 aliphatic rings. The van der Waals surface area contributed by atoms with Crippen molar-refractivity contribution in [1.29, 1.82) is 0 Å². The number of benzene rings is 1. The van der Waals surface area contributed by atoms with Crippen molar-refractivity contribution in [1.82, 2.24) is 20.6 Å². The third-order valence-corrected chi connectivity index (χ3v) is 14.0. The van der Waals surface area contributed by atoms with Crippen molar-refractivity contribution < 1.29 is 47.3 Å². The number of nitrogens with zero attached hydrogens (tertiary/aromatic N) is 1. The van der Waals surface area contributed by atoms with Crippen LogP contribution in [0.5, 0.6) is 0 Å². The number of hydrogen-bond acceptors (Lipinski definition) is 9. The second-order valence-corrected chi connectivity index (χ2v) is 18.9. The second-order valence-electron chi connectivity index (χ2n) is 16.1. The van der Waals surface area contributed by atoms with Crippen LogP contribution in [0.25, 0.3) is 0 Å². The molecule has 1 heterocycles. The molecule has 0 spiro atoms. The molecule has 1 aromatic heterocycles. The van der Waals surface area contributed by atoms with E-state index in [-0.39, 0.29) is 24.5 Å². The molecular formula is C39H60N4O10S. The maximum Gasteiger partial charge on any atom is 0.333 e. The molecule has 2 aromatic rings. The number of carboxylic acid groups (broad SMARTS) is 2. The predicted octanol–water partition coefficient (Wildman–Crippen LogP) is 4.50. The lowest BCUT2D eigenvalue weighted by molar-refractivity contribution is -0.174. The Morgan fingerprint density at radius 1 is 0.963 bits per heavy atom. The van der Waals surface area contributed by atoms with Crippen LogP contribution in [-0.2, 0) is 50.4 Å². The zero-order valence-electron chi connectivity index (χ0n) is 32.9. The number of imidazole rings is 1. The van der Waals surface area contributed by atoms with Crippen molar-refractivity contribution in [3.8, 4) is 0 Å². The summed E-state index contributed by atoms with van der Waals surface area (Å²) in [7, 11) is -1.33. The molecule has 0 aliphatic heterocycles. The Bertz CT molecular complexity index is 1660. The number of aromatic amines is 1. The topological polar surface area (TPSA) is 214 Å². The van der Waals surface area contributed by atoms with E-state index >= 15 is 0 Å². The lowest BCUT2D eigenvalue weighted by Gasteiger charge is -2.50. The van der Waals surface area contributed by atoms with Crippen molar-refractivity contribution in [3.05, 3.63) is 54.1 Å². The molecule has 1 saturated carbocycles. The highest BCUT2D eigenvalue weighted by Crippen LogP contribution is 2.46. The standard InChI is InChI=1S/C39H60N4O10S/c1-25(2)39(32(53-8)35(47)48,21-29(52-7)34(45)46)30(20-27-17-13-10-14-18-27)42-36(49)38(6,31-22-40-24-41-31)43-33(44)28(19-26-15-11-9-12-16-26)23-54(50,51)37(3,4)5/h9,11-12,15-16,22,24-25,27-30,32H,10,13-14,17-21,23H2,1-8H3,(H,40,41)(H,42,49)(H,43,44)(H,45,46)(H,47,48)/t28-,29?,30+,32?,38-,39+/m1/s1. The number of rotatable bonds is 20. The first-order valence-electron chi connectivity index (χ1n) is 18.6. The van der Waals surface area contributed by atoms with E-state index in [0.29, 0.717) is 6.42 Å². The van der Waals surface area contributed by atoms with Crippen LogP contribution in [0.1, 0.15) is 97.7 Å². The normalized spacial score (nSPS) is 18.8. The summed E-state index contributed by atoms with van der Waals surface area (Å²) in [6.07, 6.45) is 4.40. The smallest absolute Gasteiger partial charge is 0.333 e. The largest absolute Gasteiger partial charge is 0.479 e. The molecule has 1 fully saturated rings. The third-order valence-electron chi connectivity index (χ3n) is 11.3. The van der Waals surface area contributed by atoms with Gasteiger partial charge in [0.05, 0.1) is 34.6 Å². The second kappa shape index (κ2) is 18.7. The first kappa shape index (κ1) is 44.6. The summed E-state index contributed by atoms with van der Waals surface area (Å²) in [4.78, 5) is 61.9. The van der Waals surface area contributed by atoms with Crippen LogP contribution in [0.15, 0.2) is 42.9 Å². The highest BCUT2D eigenvalue weighted by molar-refractivity contribution is 7.92. The summed E-state index contributed by atoms with van der Waals surface area (Å²) in [5.41, 5.74) is -2.48. The van der Waals surface area contributed by atoms with Crippen LogP contribution in [0.4, 0.5) is 0 Å². The number of methoxy groups -OCH3 is 2. The molecule has 15 heteroatoms. The van der Waals surface area contributed by atoms with Gasteiger partial charge in [0.25, 0.3) is 5.91 Å². The summed E-state index contributed by atoms with van der Waals surface area (Å²) < 4.78 is 36.9. The highest BCUT2D eigenvalue weighted by Gasteiger charge is 2.56. The molecule has 0 radical (unpaired) electrons. The fourth-order valence-corrected chi connectivity index (χ4v) is 9.05. The van der Waals surface area contributed by atoms with Crippen LogP contribution >= 0.6 is 0 Å². The minimum atomic E-state index is -3.81. The van der Waals surface area contributed by atoms with Crippen LogP contribution < -0.4 is 10.6 Å². The fourth-order valence-electron chi connectivity index (χ4n) is 7.75. The van der Waals surface area contributed by atoms with E-state index in [1.165, 1.54) is 33.7 Å². The van der Waals surface area contributed by atoms with Crippen LogP contribution in [0.2, 0.25) is 0 Å². The molecule has 1 aliphatic carbocycles. The molecule has 54 heavy (non-hydrogen) atoms. The Morgan fingerprint density at radius 3 is 2.07 bits per heavy atom. The Balaban J connectivity index is 2.19. The van der Waals surface area contributed by atoms with Gasteiger partial charge in [-0.3, -0.25) is 9.59 Å². The average molecular weight is 777 g/mol. The van der Waals surface area contributed by atoms with Crippen molar-refractivity contribution in [2.75, 3.05) is 20.0 Å². The lowest BCUT2D eigenvalue weighted by atomic mass is 9.61. The molecule has 0 bridgehead atoms. The summed E-state index contributed by atoms with van der Waals surface area (Å²) in [5, 5.41) is 26.7. The molecule has 6 atom stereocenters. The molecule has 1 aromatic carbocycles. The van der Waals surface area contributed by atoms with Gasteiger partial charge >= 0.3 is 11.9 Å². The van der Waals surface area contributed by atoms with E-state index in [2.05, 4.69) is 20.6 Å². The van der Waals surface area contributed by atoms with Gasteiger partial charge in [-0.15, -0.1) is 0 Å². The molecule has 302 valence electrons. The van der Waals surface area contributed by atoms with E-state index in [1.54, 1.807) is 58.9 Å². The molecule has 2 unspecified atom stereocenters. The molecule has 0 saturated heterocycles.